The van der Waals surface area contributed by atoms with E-state index in [2.05, 4.69) is 5.32 Å². The Morgan fingerprint density at radius 3 is 1.70 bits per heavy atom. The minimum Gasteiger partial charge on any atom is -0.374 e. The maximum Gasteiger partial charge on any atom is 0.264 e. The molecule has 1 aliphatic heterocycles. The molecule has 3 aromatic carbocycles. The number of benzene rings is 3. The number of amides is 1. The first-order valence-corrected chi connectivity index (χ1v) is 14.8. The van der Waals surface area contributed by atoms with Gasteiger partial charge in [0.2, 0.25) is 5.91 Å². The lowest BCUT2D eigenvalue weighted by Gasteiger charge is -2.45. The van der Waals surface area contributed by atoms with Crippen LogP contribution in [0.4, 0.5) is 0 Å². The van der Waals surface area contributed by atoms with Gasteiger partial charge in [-0.3, -0.25) is 8.98 Å². The van der Waals surface area contributed by atoms with Gasteiger partial charge in [-0.25, -0.2) is 0 Å². The Balaban J connectivity index is 1.63. The molecule has 1 aliphatic rings. The molecule has 3 aromatic rings. The summed E-state index contributed by atoms with van der Waals surface area (Å²) < 4.78 is 55.1. The molecule has 5 atom stereocenters. The smallest absolute Gasteiger partial charge is 0.264 e. The van der Waals surface area contributed by atoms with Crippen LogP contribution in [0, 0.1) is 0 Å². The highest BCUT2D eigenvalue weighted by molar-refractivity contribution is 7.86. The van der Waals surface area contributed by atoms with Gasteiger partial charge in [0.15, 0.2) is 12.3 Å². The number of rotatable bonds is 13. The van der Waals surface area contributed by atoms with Gasteiger partial charge in [-0.2, -0.15) is 8.42 Å². The predicted molar refractivity (Wildman–Crippen MR) is 148 cm³/mol. The van der Waals surface area contributed by atoms with Crippen molar-refractivity contribution in [2.45, 2.75) is 57.4 Å². The summed E-state index contributed by atoms with van der Waals surface area (Å²) in [7, 11) is -3.97. The summed E-state index contributed by atoms with van der Waals surface area (Å²) in [5.74, 6) is -0.415. The predicted octanol–water partition coefficient (Wildman–Crippen LogP) is 3.58. The molecule has 1 amide bonds. The number of hydrogen-bond donors (Lipinski definition) is 1. The highest BCUT2D eigenvalue weighted by atomic mass is 32.2. The van der Waals surface area contributed by atoms with E-state index in [1.165, 1.54) is 6.92 Å². The van der Waals surface area contributed by atoms with Crippen LogP contribution in [0.5, 0.6) is 0 Å². The second kappa shape index (κ2) is 14.5. The average molecular weight is 570 g/mol. The molecule has 214 valence electrons. The molecule has 0 spiro atoms. The van der Waals surface area contributed by atoms with E-state index in [1.807, 2.05) is 91.0 Å². The summed E-state index contributed by atoms with van der Waals surface area (Å²) in [4.78, 5) is 12.1. The number of hydrogen-bond acceptors (Lipinski definition) is 8. The third-order valence-corrected chi connectivity index (χ3v) is 6.80. The molecule has 1 N–H and O–H groups in total. The van der Waals surface area contributed by atoms with Crippen molar-refractivity contribution in [2.75, 3.05) is 12.9 Å². The monoisotopic (exact) mass is 569 g/mol. The van der Waals surface area contributed by atoms with Crippen molar-refractivity contribution >= 4 is 16.0 Å². The van der Waals surface area contributed by atoms with Gasteiger partial charge in [0.1, 0.15) is 18.3 Å². The van der Waals surface area contributed by atoms with Gasteiger partial charge in [-0.05, 0) is 16.7 Å². The molecule has 9 nitrogen and oxygen atoms in total. The van der Waals surface area contributed by atoms with E-state index in [4.69, 9.17) is 23.1 Å². The van der Waals surface area contributed by atoms with Crippen LogP contribution in [0.3, 0.4) is 0 Å². The summed E-state index contributed by atoms with van der Waals surface area (Å²) in [5.41, 5.74) is 2.77. The van der Waals surface area contributed by atoms with Crippen LogP contribution in [-0.4, -0.2) is 57.8 Å². The Morgan fingerprint density at radius 1 is 0.750 bits per heavy atom. The van der Waals surface area contributed by atoms with Crippen LogP contribution in [0.2, 0.25) is 0 Å². The highest BCUT2D eigenvalue weighted by Gasteiger charge is 2.50. The van der Waals surface area contributed by atoms with Gasteiger partial charge in [0.05, 0.1) is 32.7 Å². The molecule has 0 bridgehead atoms. The molecule has 0 unspecified atom stereocenters. The third-order valence-electron chi connectivity index (χ3n) is 6.23. The van der Waals surface area contributed by atoms with E-state index in [1.54, 1.807) is 0 Å². The minimum absolute atomic E-state index is 0.0984. The van der Waals surface area contributed by atoms with Crippen LogP contribution in [-0.2, 0) is 57.9 Å². The Bertz CT molecular complexity index is 1290. The van der Waals surface area contributed by atoms with Gasteiger partial charge in [-0.1, -0.05) is 91.0 Å². The second-order valence-electron chi connectivity index (χ2n) is 9.58. The first-order valence-electron chi connectivity index (χ1n) is 13.0. The van der Waals surface area contributed by atoms with Crippen molar-refractivity contribution in [2.24, 2.45) is 0 Å². The molecule has 0 radical (unpaired) electrons. The lowest BCUT2D eigenvalue weighted by molar-refractivity contribution is -0.259. The third kappa shape index (κ3) is 9.22. The number of carbonyl (C=O) groups is 1. The van der Waals surface area contributed by atoms with Crippen molar-refractivity contribution in [3.05, 3.63) is 108 Å². The van der Waals surface area contributed by atoms with E-state index in [0.29, 0.717) is 6.61 Å². The molecular weight excluding hydrogens is 534 g/mol. The standard InChI is InChI=1S/C30H35NO8S/c1-22(32)31-30-29(39-40(2,33)34)28(37-20-25-16-10-5-11-17-25)27(36-19-24-14-8-4-9-15-24)26(38-30)21-35-18-23-12-6-3-7-13-23/h3-17,26-30H,18-21H2,1-2H3,(H,31,32)/t26-,27+,28+,29-,30-/m1/s1. The normalized spacial score (nSPS) is 23.0. The van der Waals surface area contributed by atoms with E-state index in [-0.39, 0.29) is 19.8 Å². The average Bonchev–Trinajstić information content (AvgIpc) is 2.93. The highest BCUT2D eigenvalue weighted by Crippen LogP contribution is 2.30. The molecule has 1 saturated heterocycles. The fraction of sp³-hybridized carbons (Fsp3) is 0.367. The van der Waals surface area contributed by atoms with Crippen LogP contribution < -0.4 is 5.32 Å². The van der Waals surface area contributed by atoms with Crippen molar-refractivity contribution in [1.29, 1.82) is 0 Å². The van der Waals surface area contributed by atoms with Crippen molar-refractivity contribution in [3.63, 3.8) is 0 Å². The van der Waals surface area contributed by atoms with Crippen LogP contribution >= 0.6 is 0 Å². The van der Waals surface area contributed by atoms with Crippen molar-refractivity contribution in [3.8, 4) is 0 Å². The van der Waals surface area contributed by atoms with Crippen LogP contribution in [0.15, 0.2) is 91.0 Å². The number of nitrogens with one attached hydrogen (secondary N) is 1. The molecule has 0 aromatic heterocycles. The molecule has 1 fully saturated rings. The van der Waals surface area contributed by atoms with Gasteiger partial charge in [-0.15, -0.1) is 0 Å². The van der Waals surface area contributed by atoms with E-state index in [9.17, 15) is 13.2 Å². The number of ether oxygens (including phenoxy) is 4. The second-order valence-corrected chi connectivity index (χ2v) is 11.2. The fourth-order valence-electron chi connectivity index (χ4n) is 4.46. The van der Waals surface area contributed by atoms with Crippen LogP contribution in [0.1, 0.15) is 23.6 Å². The van der Waals surface area contributed by atoms with Crippen LogP contribution in [0.25, 0.3) is 0 Å². The first kappa shape index (κ1) is 29.9. The summed E-state index contributed by atoms with van der Waals surface area (Å²) in [6.45, 7) is 2.12. The maximum absolute atomic E-state index is 12.3. The first-order chi connectivity index (χ1) is 19.3. The Labute approximate surface area is 235 Å². The van der Waals surface area contributed by atoms with Crippen molar-refractivity contribution in [1.82, 2.24) is 5.32 Å². The molecule has 1 heterocycles. The Kier molecular flexibility index (Phi) is 10.8. The quantitative estimate of drug-likeness (QED) is 0.311. The lowest BCUT2D eigenvalue weighted by atomic mass is 9.97. The van der Waals surface area contributed by atoms with Gasteiger partial charge in [0, 0.05) is 6.92 Å². The molecule has 10 heteroatoms. The zero-order chi connectivity index (χ0) is 28.4. The molecule has 4 rings (SSSR count). The summed E-state index contributed by atoms with van der Waals surface area (Å²) >= 11 is 0. The Hall–Kier alpha value is -3.12. The van der Waals surface area contributed by atoms with E-state index >= 15 is 0 Å². The Morgan fingerprint density at radius 2 is 1.23 bits per heavy atom. The van der Waals surface area contributed by atoms with Gasteiger partial charge in [0.25, 0.3) is 10.1 Å². The van der Waals surface area contributed by atoms with Gasteiger partial charge >= 0.3 is 0 Å². The largest absolute Gasteiger partial charge is 0.374 e. The molecule has 40 heavy (non-hydrogen) atoms. The van der Waals surface area contributed by atoms with Gasteiger partial charge < -0.3 is 24.3 Å². The summed E-state index contributed by atoms with van der Waals surface area (Å²) in [6, 6.07) is 28.7. The lowest BCUT2D eigenvalue weighted by Crippen LogP contribution is -2.65. The summed E-state index contributed by atoms with van der Waals surface area (Å²) in [5, 5.41) is 2.67. The van der Waals surface area contributed by atoms with E-state index in [0.717, 1.165) is 22.9 Å². The molecule has 0 aliphatic carbocycles. The SMILES string of the molecule is CC(=O)N[C@@H]1O[C@H](COCc2ccccc2)[C@H](OCc2ccccc2)[C@H](OCc2ccccc2)[C@H]1OS(C)(=O)=O. The van der Waals surface area contributed by atoms with E-state index < -0.39 is 46.7 Å². The minimum atomic E-state index is -3.97. The number of carbonyl (C=O) groups excluding carboxylic acids is 1. The zero-order valence-electron chi connectivity index (χ0n) is 22.5. The molecule has 0 saturated carbocycles. The maximum atomic E-state index is 12.3. The topological polar surface area (TPSA) is 109 Å². The molecular formula is C30H35NO8S. The fourth-order valence-corrected chi connectivity index (χ4v) is 5.08. The summed E-state index contributed by atoms with van der Waals surface area (Å²) in [6.07, 6.45) is -3.85. The van der Waals surface area contributed by atoms with Crippen molar-refractivity contribution < 1.29 is 36.3 Å². The zero-order valence-corrected chi connectivity index (χ0v) is 23.4.